The van der Waals surface area contributed by atoms with E-state index in [-0.39, 0.29) is 5.82 Å². The molecule has 1 N–H and O–H groups in total. The van der Waals surface area contributed by atoms with Crippen molar-refractivity contribution in [2.45, 2.75) is 52.3 Å². The summed E-state index contributed by atoms with van der Waals surface area (Å²) in [5.74, 6) is 1.69. The monoisotopic (exact) mass is 470 g/mol. The number of H-pyrrole nitrogens is 1. The fourth-order valence-electron chi connectivity index (χ4n) is 4.05. The molecular formula is C30H36BFN2O. The second-order valence-corrected chi connectivity index (χ2v) is 8.66. The van der Waals surface area contributed by atoms with E-state index in [1.54, 1.807) is 24.5 Å². The Morgan fingerprint density at radius 3 is 2.46 bits per heavy atom. The highest BCUT2D eigenvalue weighted by Crippen LogP contribution is 2.13. The highest BCUT2D eigenvalue weighted by Gasteiger charge is 2.02. The normalized spacial score (nSPS) is 10.4. The summed E-state index contributed by atoms with van der Waals surface area (Å²) in [5, 5.41) is 0. The van der Waals surface area contributed by atoms with Crippen LogP contribution in [0.5, 0.6) is 5.75 Å². The van der Waals surface area contributed by atoms with Crippen LogP contribution in [0, 0.1) is 5.82 Å². The van der Waals surface area contributed by atoms with E-state index in [2.05, 4.69) is 58.5 Å². The van der Waals surface area contributed by atoms with Crippen LogP contribution in [-0.2, 0) is 19.3 Å². The fraction of sp³-hybridized carbons (Fsp3) is 0.300. The first kappa shape index (κ1) is 26.3. The first-order chi connectivity index (χ1) is 17.2. The summed E-state index contributed by atoms with van der Waals surface area (Å²) in [4.78, 5) is 7.13. The number of hydrogen-bond acceptors (Lipinski definition) is 2. The van der Waals surface area contributed by atoms with Gasteiger partial charge in [-0.2, -0.15) is 0 Å². The van der Waals surface area contributed by atoms with Crippen molar-refractivity contribution >= 4 is 12.7 Å². The van der Waals surface area contributed by atoms with Gasteiger partial charge in [-0.15, -0.1) is 0 Å². The quantitative estimate of drug-likeness (QED) is 0.207. The molecular weight excluding hydrogens is 434 g/mol. The van der Waals surface area contributed by atoms with Crippen molar-refractivity contribution in [1.82, 2.24) is 9.97 Å². The molecule has 0 bridgehead atoms. The minimum Gasteiger partial charge on any atom is -0.494 e. The predicted molar refractivity (Wildman–Crippen MR) is 146 cm³/mol. The fourth-order valence-corrected chi connectivity index (χ4v) is 4.05. The molecule has 0 amide bonds. The van der Waals surface area contributed by atoms with Crippen LogP contribution in [0.2, 0.25) is 6.32 Å². The molecule has 0 atom stereocenters. The van der Waals surface area contributed by atoms with Gasteiger partial charge < -0.3 is 9.72 Å². The minimum absolute atomic E-state index is 0.170. The van der Waals surface area contributed by atoms with Gasteiger partial charge in [-0.25, -0.2) is 9.37 Å². The van der Waals surface area contributed by atoms with Crippen LogP contribution in [0.4, 0.5) is 4.39 Å². The van der Waals surface area contributed by atoms with Crippen LogP contribution in [0.25, 0.3) is 0 Å². The Kier molecular flexibility index (Phi) is 11.1. The lowest BCUT2D eigenvalue weighted by Gasteiger charge is -2.05. The number of nitrogens with zero attached hydrogens (tertiary/aromatic N) is 1. The van der Waals surface area contributed by atoms with Gasteiger partial charge in [0.1, 0.15) is 17.4 Å². The molecule has 1 heterocycles. The van der Waals surface area contributed by atoms with Gasteiger partial charge in [0.25, 0.3) is 0 Å². The third-order valence-corrected chi connectivity index (χ3v) is 5.84. The van der Waals surface area contributed by atoms with Crippen LogP contribution in [0.1, 0.15) is 49.2 Å². The SMILES string of the molecule is CCOc1cccc(BCCCCc2ccccc2)c1.CCc1cc(F)cc(Cc2ncc[nH]2)c1. The van der Waals surface area contributed by atoms with Crippen molar-refractivity contribution in [1.29, 1.82) is 0 Å². The Labute approximate surface area is 210 Å². The molecule has 0 saturated heterocycles. The maximum absolute atomic E-state index is 13.2. The number of unbranched alkanes of at least 4 members (excludes halogenated alkanes) is 1. The predicted octanol–water partition coefficient (Wildman–Crippen LogP) is 6.29. The summed E-state index contributed by atoms with van der Waals surface area (Å²) in [5.41, 5.74) is 4.82. The van der Waals surface area contributed by atoms with E-state index in [1.807, 2.05) is 26.0 Å². The third kappa shape index (κ3) is 9.82. The summed E-state index contributed by atoms with van der Waals surface area (Å²) in [6, 6.07) is 24.4. The molecule has 0 aliphatic rings. The maximum atomic E-state index is 13.2. The first-order valence-electron chi connectivity index (χ1n) is 12.7. The Bertz CT molecular complexity index is 1120. The van der Waals surface area contributed by atoms with E-state index in [4.69, 9.17) is 4.74 Å². The van der Waals surface area contributed by atoms with Crippen LogP contribution in [0.3, 0.4) is 0 Å². The van der Waals surface area contributed by atoms with E-state index in [9.17, 15) is 4.39 Å². The first-order valence-corrected chi connectivity index (χ1v) is 12.7. The van der Waals surface area contributed by atoms with E-state index in [1.165, 1.54) is 36.6 Å². The van der Waals surface area contributed by atoms with E-state index in [0.717, 1.165) is 43.0 Å². The average molecular weight is 470 g/mol. The van der Waals surface area contributed by atoms with Gasteiger partial charge in [0.15, 0.2) is 7.28 Å². The molecule has 4 rings (SSSR count). The molecule has 4 aromatic rings. The summed E-state index contributed by atoms with van der Waals surface area (Å²) in [6.07, 6.45) is 9.98. The van der Waals surface area contributed by atoms with E-state index >= 15 is 0 Å². The maximum Gasteiger partial charge on any atom is 0.157 e. The summed E-state index contributed by atoms with van der Waals surface area (Å²) in [6.45, 7) is 4.78. The topological polar surface area (TPSA) is 37.9 Å². The van der Waals surface area contributed by atoms with Crippen molar-refractivity contribution in [3.8, 4) is 5.75 Å². The average Bonchev–Trinajstić information content (AvgIpc) is 3.38. The summed E-state index contributed by atoms with van der Waals surface area (Å²) in [7, 11) is 1.15. The van der Waals surface area contributed by atoms with Crippen molar-refractivity contribution in [3.05, 3.63) is 114 Å². The van der Waals surface area contributed by atoms with Gasteiger partial charge in [-0.05, 0) is 67.1 Å². The van der Waals surface area contributed by atoms with E-state index in [0.29, 0.717) is 6.42 Å². The number of nitrogens with one attached hydrogen (secondary N) is 1. The number of imidazole rings is 1. The Balaban J connectivity index is 0.000000203. The summed E-state index contributed by atoms with van der Waals surface area (Å²) >= 11 is 0. The van der Waals surface area contributed by atoms with Gasteiger partial charge >= 0.3 is 0 Å². The van der Waals surface area contributed by atoms with Crippen molar-refractivity contribution in [2.75, 3.05) is 6.61 Å². The standard InChI is InChI=1S/C18H23BO.C12H13FN2/c1-2-20-18-13-8-12-17(15-18)19-14-7-6-11-16-9-4-3-5-10-16;1-2-9-5-10(7-11(13)6-9)8-12-14-3-4-15-12/h3-5,8-10,12-13,15,19H,2,6-7,11,14H2,1H3;3-7H,2,8H2,1H3,(H,14,15). The molecule has 35 heavy (non-hydrogen) atoms. The third-order valence-electron chi connectivity index (χ3n) is 5.84. The molecule has 0 aliphatic carbocycles. The molecule has 0 fully saturated rings. The lowest BCUT2D eigenvalue weighted by atomic mass is 9.66. The van der Waals surface area contributed by atoms with Crippen molar-refractivity contribution < 1.29 is 9.13 Å². The van der Waals surface area contributed by atoms with Gasteiger partial charge in [0, 0.05) is 18.8 Å². The van der Waals surface area contributed by atoms with Gasteiger partial charge in [-0.1, -0.05) is 73.7 Å². The number of benzene rings is 3. The highest BCUT2D eigenvalue weighted by atomic mass is 19.1. The number of aromatic amines is 1. The van der Waals surface area contributed by atoms with Gasteiger partial charge in [0.2, 0.25) is 0 Å². The van der Waals surface area contributed by atoms with Crippen LogP contribution in [0.15, 0.2) is 85.2 Å². The summed E-state index contributed by atoms with van der Waals surface area (Å²) < 4.78 is 18.7. The van der Waals surface area contributed by atoms with Gasteiger partial charge in [0.05, 0.1) is 6.61 Å². The molecule has 3 nitrogen and oxygen atoms in total. The molecule has 0 spiro atoms. The van der Waals surface area contributed by atoms with Crippen LogP contribution >= 0.6 is 0 Å². The minimum atomic E-state index is -0.170. The molecule has 0 unspecified atom stereocenters. The molecule has 3 aromatic carbocycles. The van der Waals surface area contributed by atoms with Crippen LogP contribution in [-0.4, -0.2) is 23.9 Å². The lowest BCUT2D eigenvalue weighted by Crippen LogP contribution is -2.13. The zero-order valence-electron chi connectivity index (χ0n) is 21.0. The van der Waals surface area contributed by atoms with Crippen LogP contribution < -0.4 is 10.2 Å². The molecule has 0 aliphatic heterocycles. The number of halogens is 1. The molecule has 5 heteroatoms. The van der Waals surface area contributed by atoms with E-state index < -0.39 is 0 Å². The second kappa shape index (κ2) is 14.8. The zero-order chi connectivity index (χ0) is 24.7. The number of ether oxygens (including phenoxy) is 1. The zero-order valence-corrected chi connectivity index (χ0v) is 21.0. The molecule has 0 radical (unpaired) electrons. The number of hydrogen-bond donors (Lipinski definition) is 1. The molecule has 0 saturated carbocycles. The Hall–Kier alpha value is -3.34. The highest BCUT2D eigenvalue weighted by molar-refractivity contribution is 6.53. The Morgan fingerprint density at radius 1 is 0.886 bits per heavy atom. The number of aryl methyl sites for hydroxylation is 2. The smallest absolute Gasteiger partial charge is 0.157 e. The number of aromatic nitrogens is 2. The molecule has 1 aromatic heterocycles. The van der Waals surface area contributed by atoms with Gasteiger partial charge in [-0.3, -0.25) is 0 Å². The largest absolute Gasteiger partial charge is 0.494 e. The molecule has 182 valence electrons. The lowest BCUT2D eigenvalue weighted by molar-refractivity contribution is 0.340. The second-order valence-electron chi connectivity index (χ2n) is 8.66. The van der Waals surface area contributed by atoms with Crippen molar-refractivity contribution in [2.24, 2.45) is 0 Å². The van der Waals surface area contributed by atoms with Crippen molar-refractivity contribution in [3.63, 3.8) is 0 Å². The number of rotatable bonds is 11. The Morgan fingerprint density at radius 2 is 1.71 bits per heavy atom.